The maximum atomic E-state index is 12.1. The van der Waals surface area contributed by atoms with Gasteiger partial charge in [-0.25, -0.2) is 18.1 Å². The lowest BCUT2D eigenvalue weighted by molar-refractivity contribution is 0.560. The van der Waals surface area contributed by atoms with E-state index in [0.717, 1.165) is 12.1 Å². The van der Waals surface area contributed by atoms with Crippen LogP contribution in [-0.2, 0) is 16.6 Å². The highest BCUT2D eigenvalue weighted by molar-refractivity contribution is 7.89. The molecular formula is C16H28N4O2S. The number of hydrogen-bond donors (Lipinski definition) is 3. The maximum Gasteiger partial charge on any atom is 0.240 e. The molecule has 1 aromatic carbocycles. The van der Waals surface area contributed by atoms with Gasteiger partial charge in [0.25, 0.3) is 0 Å². The van der Waals surface area contributed by atoms with Crippen LogP contribution in [0.15, 0.2) is 34.2 Å². The Morgan fingerprint density at radius 1 is 1.09 bits per heavy atom. The molecule has 0 aliphatic carbocycles. The van der Waals surface area contributed by atoms with Gasteiger partial charge in [0.05, 0.1) is 11.4 Å². The lowest BCUT2D eigenvalue weighted by Gasteiger charge is -2.09. The van der Waals surface area contributed by atoms with Crippen LogP contribution < -0.4 is 15.8 Å². The molecule has 0 atom stereocenters. The van der Waals surface area contributed by atoms with Crippen LogP contribution in [0.2, 0.25) is 0 Å². The van der Waals surface area contributed by atoms with E-state index in [1.54, 1.807) is 24.3 Å². The van der Waals surface area contributed by atoms with Crippen LogP contribution in [0, 0.1) is 11.8 Å². The predicted octanol–water partition coefficient (Wildman–Crippen LogP) is 1.68. The molecule has 1 rings (SSSR count). The fourth-order valence-corrected chi connectivity index (χ4v) is 2.89. The van der Waals surface area contributed by atoms with Gasteiger partial charge in [-0.1, -0.05) is 39.8 Å². The summed E-state index contributed by atoms with van der Waals surface area (Å²) in [5.74, 6) is 1.15. The van der Waals surface area contributed by atoms with E-state index in [1.165, 1.54) is 0 Å². The number of nitrogens with zero attached hydrogens (tertiary/aromatic N) is 1. The third-order valence-electron chi connectivity index (χ3n) is 3.04. The highest BCUT2D eigenvalue weighted by Gasteiger charge is 2.13. The highest BCUT2D eigenvalue weighted by atomic mass is 32.2. The van der Waals surface area contributed by atoms with E-state index in [1.807, 2.05) is 13.8 Å². The molecule has 0 aliphatic rings. The van der Waals surface area contributed by atoms with Gasteiger partial charge in [-0.2, -0.15) is 0 Å². The summed E-state index contributed by atoms with van der Waals surface area (Å²) < 4.78 is 26.8. The van der Waals surface area contributed by atoms with Crippen LogP contribution in [0.3, 0.4) is 0 Å². The zero-order valence-electron chi connectivity index (χ0n) is 14.3. The van der Waals surface area contributed by atoms with E-state index >= 15 is 0 Å². The van der Waals surface area contributed by atoms with Crippen molar-refractivity contribution in [2.75, 3.05) is 13.1 Å². The van der Waals surface area contributed by atoms with Crippen LogP contribution in [0.25, 0.3) is 0 Å². The molecule has 1 aromatic rings. The Kier molecular flexibility index (Phi) is 7.51. The average molecular weight is 340 g/mol. The Balaban J connectivity index is 2.64. The number of aliphatic imine (C=N–C) groups is 1. The molecule has 130 valence electrons. The van der Waals surface area contributed by atoms with Crippen molar-refractivity contribution in [3.8, 4) is 0 Å². The van der Waals surface area contributed by atoms with Gasteiger partial charge in [0, 0.05) is 13.1 Å². The van der Waals surface area contributed by atoms with E-state index in [-0.39, 0.29) is 10.8 Å². The SMILES string of the molecule is CC(C)CNC(N)=NCc1ccc(S(=O)(=O)NCC(C)C)cc1. The van der Waals surface area contributed by atoms with Crippen LogP contribution in [-0.4, -0.2) is 27.5 Å². The summed E-state index contributed by atoms with van der Waals surface area (Å²) in [4.78, 5) is 4.50. The summed E-state index contributed by atoms with van der Waals surface area (Å²) in [7, 11) is -3.44. The maximum absolute atomic E-state index is 12.1. The van der Waals surface area contributed by atoms with Crippen molar-refractivity contribution in [2.45, 2.75) is 39.1 Å². The molecule has 0 saturated carbocycles. The lowest BCUT2D eigenvalue weighted by atomic mass is 10.2. The fraction of sp³-hybridized carbons (Fsp3) is 0.562. The summed E-state index contributed by atoms with van der Waals surface area (Å²) in [6.07, 6.45) is 0. The van der Waals surface area contributed by atoms with Crippen molar-refractivity contribution < 1.29 is 8.42 Å². The summed E-state index contributed by atoms with van der Waals surface area (Å²) >= 11 is 0. The second kappa shape index (κ2) is 8.88. The van der Waals surface area contributed by atoms with Crippen molar-refractivity contribution in [2.24, 2.45) is 22.6 Å². The second-order valence-corrected chi connectivity index (χ2v) is 8.13. The Hall–Kier alpha value is -1.60. The molecular weight excluding hydrogens is 312 g/mol. The molecule has 7 heteroatoms. The van der Waals surface area contributed by atoms with Crippen molar-refractivity contribution in [1.29, 1.82) is 0 Å². The number of rotatable bonds is 8. The number of sulfonamides is 1. The topological polar surface area (TPSA) is 96.6 Å². The third-order valence-corrected chi connectivity index (χ3v) is 4.48. The van der Waals surface area contributed by atoms with Crippen molar-refractivity contribution in [3.63, 3.8) is 0 Å². The number of hydrogen-bond acceptors (Lipinski definition) is 3. The van der Waals surface area contributed by atoms with Gasteiger partial charge in [0.2, 0.25) is 10.0 Å². The average Bonchev–Trinajstić information content (AvgIpc) is 2.49. The molecule has 4 N–H and O–H groups in total. The van der Waals surface area contributed by atoms with Gasteiger partial charge in [-0.05, 0) is 29.5 Å². The first kappa shape index (κ1) is 19.4. The summed E-state index contributed by atoms with van der Waals surface area (Å²) in [5, 5.41) is 3.04. The Morgan fingerprint density at radius 3 is 2.17 bits per heavy atom. The largest absolute Gasteiger partial charge is 0.370 e. The van der Waals surface area contributed by atoms with E-state index < -0.39 is 10.0 Å². The van der Waals surface area contributed by atoms with Crippen molar-refractivity contribution in [1.82, 2.24) is 10.0 Å². The van der Waals surface area contributed by atoms with Crippen LogP contribution in [0.1, 0.15) is 33.3 Å². The minimum Gasteiger partial charge on any atom is -0.370 e. The van der Waals surface area contributed by atoms with Crippen molar-refractivity contribution in [3.05, 3.63) is 29.8 Å². The monoisotopic (exact) mass is 340 g/mol. The van der Waals surface area contributed by atoms with E-state index in [9.17, 15) is 8.42 Å². The zero-order valence-corrected chi connectivity index (χ0v) is 15.2. The van der Waals surface area contributed by atoms with Gasteiger partial charge in [0.1, 0.15) is 0 Å². The van der Waals surface area contributed by atoms with Gasteiger partial charge in [-0.3, -0.25) is 0 Å². The van der Waals surface area contributed by atoms with E-state index in [0.29, 0.717) is 25.0 Å². The van der Waals surface area contributed by atoms with E-state index in [2.05, 4.69) is 28.9 Å². The summed E-state index contributed by atoms with van der Waals surface area (Å²) in [6.45, 7) is 9.71. The number of guanidine groups is 1. The first-order valence-corrected chi connectivity index (χ1v) is 9.31. The Bertz CT molecular complexity index is 607. The molecule has 23 heavy (non-hydrogen) atoms. The van der Waals surface area contributed by atoms with Gasteiger partial charge in [-0.15, -0.1) is 0 Å². The lowest BCUT2D eigenvalue weighted by Crippen LogP contribution is -2.34. The first-order chi connectivity index (χ1) is 10.7. The van der Waals surface area contributed by atoms with Crippen LogP contribution >= 0.6 is 0 Å². The fourth-order valence-electron chi connectivity index (χ4n) is 1.67. The molecule has 0 aliphatic heterocycles. The minimum atomic E-state index is -3.44. The van der Waals surface area contributed by atoms with Crippen molar-refractivity contribution >= 4 is 16.0 Å². The highest BCUT2D eigenvalue weighted by Crippen LogP contribution is 2.11. The molecule has 0 spiro atoms. The standard InChI is InChI=1S/C16H28N4O2S/c1-12(2)9-18-16(17)19-11-14-5-7-15(8-6-14)23(21,22)20-10-13(3)4/h5-8,12-13,20H,9-11H2,1-4H3,(H3,17,18,19). The first-order valence-electron chi connectivity index (χ1n) is 7.83. The molecule has 6 nitrogen and oxygen atoms in total. The number of benzene rings is 1. The second-order valence-electron chi connectivity index (χ2n) is 6.37. The molecule has 0 saturated heterocycles. The van der Waals surface area contributed by atoms with Gasteiger partial charge >= 0.3 is 0 Å². The Morgan fingerprint density at radius 2 is 1.65 bits per heavy atom. The molecule has 0 aromatic heterocycles. The smallest absolute Gasteiger partial charge is 0.240 e. The molecule has 0 unspecified atom stereocenters. The number of nitrogens with two attached hydrogens (primary N) is 1. The molecule has 0 radical (unpaired) electrons. The third kappa shape index (κ3) is 7.47. The van der Waals surface area contributed by atoms with Gasteiger partial charge < -0.3 is 11.1 Å². The molecule has 0 fully saturated rings. The van der Waals surface area contributed by atoms with E-state index in [4.69, 9.17) is 5.73 Å². The van der Waals surface area contributed by atoms with Crippen LogP contribution in [0.5, 0.6) is 0 Å². The molecule has 0 bridgehead atoms. The van der Waals surface area contributed by atoms with Crippen LogP contribution in [0.4, 0.5) is 0 Å². The summed E-state index contributed by atoms with van der Waals surface area (Å²) in [6, 6.07) is 6.68. The zero-order chi connectivity index (χ0) is 17.5. The van der Waals surface area contributed by atoms with Gasteiger partial charge in [0.15, 0.2) is 5.96 Å². The Labute approximate surface area is 139 Å². The predicted molar refractivity (Wildman–Crippen MR) is 94.6 cm³/mol. The molecule has 0 amide bonds. The minimum absolute atomic E-state index is 0.261. The summed E-state index contributed by atoms with van der Waals surface area (Å²) in [5.41, 5.74) is 6.67. The number of nitrogens with one attached hydrogen (secondary N) is 2. The molecule has 0 heterocycles. The quantitative estimate of drug-likeness (QED) is 0.495. The normalized spacial score (nSPS) is 12.9.